The highest BCUT2D eigenvalue weighted by Crippen LogP contribution is 2.12. The summed E-state index contributed by atoms with van der Waals surface area (Å²) in [5, 5.41) is 0. The van der Waals surface area contributed by atoms with Crippen molar-refractivity contribution in [2.75, 3.05) is 12.3 Å². The molecule has 2 heterocycles. The van der Waals surface area contributed by atoms with Gasteiger partial charge in [-0.2, -0.15) is 0 Å². The van der Waals surface area contributed by atoms with Gasteiger partial charge >= 0.3 is 0 Å². The Bertz CT molecular complexity index is 300. The minimum Gasteiger partial charge on any atom is -0.384 e. The molecular weight excluding hydrogens is 150 g/mol. The molecule has 0 aromatic carbocycles. The van der Waals surface area contributed by atoms with Gasteiger partial charge in [-0.3, -0.25) is 4.99 Å². The minimum atomic E-state index is 0.567. The van der Waals surface area contributed by atoms with Crippen molar-refractivity contribution in [3.8, 4) is 0 Å². The second-order valence-electron chi connectivity index (χ2n) is 2.90. The summed E-state index contributed by atoms with van der Waals surface area (Å²) >= 11 is 0. The van der Waals surface area contributed by atoms with E-state index in [1.54, 1.807) is 6.20 Å². The molecule has 0 unspecified atom stereocenters. The number of hydrogen-bond donors (Lipinski definition) is 1. The van der Waals surface area contributed by atoms with Crippen LogP contribution in [0.1, 0.15) is 18.4 Å². The molecule has 1 aromatic heterocycles. The van der Waals surface area contributed by atoms with Crippen molar-refractivity contribution in [2.45, 2.75) is 12.8 Å². The molecular formula is C9H11N3. The van der Waals surface area contributed by atoms with Gasteiger partial charge in [0.25, 0.3) is 0 Å². The number of nitrogens with zero attached hydrogens (tertiary/aromatic N) is 2. The Labute approximate surface area is 71.3 Å². The van der Waals surface area contributed by atoms with E-state index in [4.69, 9.17) is 5.73 Å². The third-order valence-electron chi connectivity index (χ3n) is 1.99. The van der Waals surface area contributed by atoms with Crippen molar-refractivity contribution >= 4 is 11.5 Å². The van der Waals surface area contributed by atoms with Crippen LogP contribution in [0.3, 0.4) is 0 Å². The lowest BCUT2D eigenvalue weighted by atomic mass is 10.1. The largest absolute Gasteiger partial charge is 0.384 e. The van der Waals surface area contributed by atoms with E-state index in [9.17, 15) is 0 Å². The molecule has 2 N–H and O–H groups in total. The smallest absolute Gasteiger partial charge is 0.123 e. The molecule has 1 aliphatic heterocycles. The zero-order valence-electron chi connectivity index (χ0n) is 6.83. The Morgan fingerprint density at radius 3 is 2.83 bits per heavy atom. The number of anilines is 1. The summed E-state index contributed by atoms with van der Waals surface area (Å²) in [5.74, 6) is 0.567. The van der Waals surface area contributed by atoms with E-state index >= 15 is 0 Å². The summed E-state index contributed by atoms with van der Waals surface area (Å²) in [7, 11) is 0. The number of aromatic nitrogens is 1. The van der Waals surface area contributed by atoms with Gasteiger partial charge in [-0.25, -0.2) is 4.98 Å². The molecule has 3 nitrogen and oxygen atoms in total. The summed E-state index contributed by atoms with van der Waals surface area (Å²) in [6, 6.07) is 3.79. The number of hydrogen-bond acceptors (Lipinski definition) is 3. The lowest BCUT2D eigenvalue weighted by Crippen LogP contribution is -1.98. The van der Waals surface area contributed by atoms with E-state index in [1.165, 1.54) is 12.1 Å². The summed E-state index contributed by atoms with van der Waals surface area (Å²) in [6.45, 7) is 0.958. The molecule has 0 amide bonds. The van der Waals surface area contributed by atoms with E-state index in [2.05, 4.69) is 9.98 Å². The fourth-order valence-electron chi connectivity index (χ4n) is 1.35. The molecule has 0 atom stereocenters. The zero-order valence-corrected chi connectivity index (χ0v) is 6.83. The Hall–Kier alpha value is -1.38. The summed E-state index contributed by atoms with van der Waals surface area (Å²) < 4.78 is 0. The van der Waals surface area contributed by atoms with Crippen LogP contribution in [0, 0.1) is 0 Å². The van der Waals surface area contributed by atoms with Crippen LogP contribution < -0.4 is 5.73 Å². The average Bonchev–Trinajstić information content (AvgIpc) is 2.58. The summed E-state index contributed by atoms with van der Waals surface area (Å²) in [4.78, 5) is 8.39. The fourth-order valence-corrected chi connectivity index (χ4v) is 1.35. The summed E-state index contributed by atoms with van der Waals surface area (Å²) in [6.07, 6.45) is 4.03. The first-order chi connectivity index (χ1) is 5.86. The van der Waals surface area contributed by atoms with E-state index in [-0.39, 0.29) is 0 Å². The average molecular weight is 161 g/mol. The van der Waals surface area contributed by atoms with Crippen LogP contribution in [0.15, 0.2) is 23.3 Å². The van der Waals surface area contributed by atoms with Crippen molar-refractivity contribution in [3.63, 3.8) is 0 Å². The van der Waals surface area contributed by atoms with E-state index in [0.717, 1.165) is 18.5 Å². The molecule has 0 saturated heterocycles. The SMILES string of the molecule is Nc1ccc(C2=NCCC2)cn1. The van der Waals surface area contributed by atoms with E-state index < -0.39 is 0 Å². The molecule has 2 rings (SSSR count). The molecule has 12 heavy (non-hydrogen) atoms. The molecule has 0 radical (unpaired) electrons. The number of nitrogen functional groups attached to an aromatic ring is 1. The van der Waals surface area contributed by atoms with Crippen molar-refractivity contribution < 1.29 is 0 Å². The maximum Gasteiger partial charge on any atom is 0.123 e. The molecule has 0 spiro atoms. The van der Waals surface area contributed by atoms with Crippen molar-refractivity contribution in [3.05, 3.63) is 23.9 Å². The predicted octanol–water partition coefficient (Wildman–Crippen LogP) is 1.25. The fraction of sp³-hybridized carbons (Fsp3) is 0.333. The molecule has 0 saturated carbocycles. The Morgan fingerprint density at radius 2 is 2.25 bits per heavy atom. The predicted molar refractivity (Wildman–Crippen MR) is 49.3 cm³/mol. The van der Waals surface area contributed by atoms with Crippen molar-refractivity contribution in [1.82, 2.24) is 4.98 Å². The van der Waals surface area contributed by atoms with Gasteiger partial charge in [0.2, 0.25) is 0 Å². The van der Waals surface area contributed by atoms with Crippen LogP contribution >= 0.6 is 0 Å². The standard InChI is InChI=1S/C9H11N3/c10-9-4-3-7(6-12-9)8-2-1-5-11-8/h3-4,6H,1-2,5H2,(H2,10,12). The quantitative estimate of drug-likeness (QED) is 0.673. The number of nitrogens with two attached hydrogens (primary N) is 1. The van der Waals surface area contributed by atoms with Gasteiger partial charge < -0.3 is 5.73 Å². The normalized spacial score (nSPS) is 16.2. The highest BCUT2D eigenvalue weighted by molar-refractivity contribution is 6.01. The highest BCUT2D eigenvalue weighted by Gasteiger charge is 2.08. The summed E-state index contributed by atoms with van der Waals surface area (Å²) in [5.41, 5.74) is 7.76. The molecule has 0 bridgehead atoms. The second-order valence-corrected chi connectivity index (χ2v) is 2.90. The molecule has 62 valence electrons. The highest BCUT2D eigenvalue weighted by atomic mass is 14.8. The molecule has 0 fully saturated rings. The van der Waals surface area contributed by atoms with E-state index in [0.29, 0.717) is 5.82 Å². The zero-order chi connectivity index (χ0) is 8.39. The van der Waals surface area contributed by atoms with Crippen LogP contribution in [0.25, 0.3) is 0 Å². The van der Waals surface area contributed by atoms with Crippen LogP contribution in [0.2, 0.25) is 0 Å². The number of pyridine rings is 1. The van der Waals surface area contributed by atoms with Gasteiger partial charge in [0.05, 0.1) is 0 Å². The van der Waals surface area contributed by atoms with Crippen LogP contribution in [-0.4, -0.2) is 17.2 Å². The molecule has 1 aromatic rings. The van der Waals surface area contributed by atoms with Crippen LogP contribution in [0.5, 0.6) is 0 Å². The molecule has 3 heteroatoms. The first-order valence-electron chi connectivity index (χ1n) is 4.11. The number of aliphatic imine (C=N–C) groups is 1. The lowest BCUT2D eigenvalue weighted by Gasteiger charge is -1.98. The lowest BCUT2D eigenvalue weighted by molar-refractivity contribution is 0.951. The first kappa shape index (κ1) is 7.28. The Morgan fingerprint density at radius 1 is 1.33 bits per heavy atom. The monoisotopic (exact) mass is 161 g/mol. The topological polar surface area (TPSA) is 51.3 Å². The van der Waals surface area contributed by atoms with Crippen molar-refractivity contribution in [1.29, 1.82) is 0 Å². The van der Waals surface area contributed by atoms with Gasteiger partial charge in [-0.15, -0.1) is 0 Å². The van der Waals surface area contributed by atoms with Gasteiger partial charge in [-0.05, 0) is 25.0 Å². The van der Waals surface area contributed by atoms with Gasteiger partial charge in [0, 0.05) is 24.0 Å². The van der Waals surface area contributed by atoms with Gasteiger partial charge in [-0.1, -0.05) is 0 Å². The maximum atomic E-state index is 5.47. The Balaban J connectivity index is 2.28. The molecule has 0 aliphatic carbocycles. The Kier molecular flexibility index (Phi) is 1.78. The third-order valence-corrected chi connectivity index (χ3v) is 1.99. The van der Waals surface area contributed by atoms with Crippen LogP contribution in [-0.2, 0) is 0 Å². The van der Waals surface area contributed by atoms with E-state index in [1.807, 2.05) is 12.1 Å². The van der Waals surface area contributed by atoms with Crippen LogP contribution in [0.4, 0.5) is 5.82 Å². The second kappa shape index (κ2) is 2.93. The van der Waals surface area contributed by atoms with Gasteiger partial charge in [0.1, 0.15) is 5.82 Å². The maximum absolute atomic E-state index is 5.47. The minimum absolute atomic E-state index is 0.567. The first-order valence-corrected chi connectivity index (χ1v) is 4.11. The van der Waals surface area contributed by atoms with Crippen molar-refractivity contribution in [2.24, 2.45) is 4.99 Å². The third kappa shape index (κ3) is 1.30. The number of rotatable bonds is 1. The van der Waals surface area contributed by atoms with Gasteiger partial charge in [0.15, 0.2) is 0 Å². The molecule has 1 aliphatic rings.